The molecule has 2 heterocycles. The lowest BCUT2D eigenvalue weighted by atomic mass is 10.1. The molecule has 0 radical (unpaired) electrons. The minimum atomic E-state index is 0.888. The largest absolute Gasteiger partial charge is 0.264 e. The van der Waals surface area contributed by atoms with E-state index >= 15 is 0 Å². The quantitative estimate of drug-likeness (QED) is 0.556. The Bertz CT molecular complexity index is 570. The number of H-pyrrole nitrogens is 1. The van der Waals surface area contributed by atoms with Gasteiger partial charge in [-0.25, -0.2) is 0 Å². The summed E-state index contributed by atoms with van der Waals surface area (Å²) in [6.45, 7) is 0. The van der Waals surface area contributed by atoms with Crippen molar-refractivity contribution in [3.05, 3.63) is 30.6 Å². The average molecular weight is 170 g/mol. The summed E-state index contributed by atoms with van der Waals surface area (Å²) < 4.78 is 0. The van der Waals surface area contributed by atoms with E-state index in [0.29, 0.717) is 0 Å². The van der Waals surface area contributed by atoms with Gasteiger partial charge in [0.05, 0.1) is 0 Å². The number of nitrogens with one attached hydrogen (secondary N) is 1. The summed E-state index contributed by atoms with van der Waals surface area (Å²) in [5.74, 6) is 0. The molecule has 1 N–H and O–H groups in total. The van der Waals surface area contributed by atoms with Gasteiger partial charge in [0.25, 0.3) is 0 Å². The van der Waals surface area contributed by atoms with Crippen LogP contribution in [0.25, 0.3) is 21.8 Å². The molecule has 1 aromatic carbocycles. The van der Waals surface area contributed by atoms with Crippen LogP contribution in [0.2, 0.25) is 0 Å². The number of nitrogens with zero attached hydrogens (tertiary/aromatic N) is 3. The molecule has 4 nitrogen and oxygen atoms in total. The maximum Gasteiger partial charge on any atom is 0.120 e. The van der Waals surface area contributed by atoms with Crippen LogP contribution < -0.4 is 0 Å². The van der Waals surface area contributed by atoms with E-state index in [0.717, 1.165) is 21.8 Å². The average Bonchev–Trinajstić information content (AvgIpc) is 2.65. The summed E-state index contributed by atoms with van der Waals surface area (Å²) in [5.41, 5.74) is 1.79. The Morgan fingerprint density at radius 3 is 3.08 bits per heavy atom. The van der Waals surface area contributed by atoms with Crippen LogP contribution in [0, 0.1) is 0 Å². The lowest BCUT2D eigenvalue weighted by Crippen LogP contribution is -1.77. The van der Waals surface area contributed by atoms with Gasteiger partial charge in [0.2, 0.25) is 0 Å². The van der Waals surface area contributed by atoms with E-state index in [1.54, 1.807) is 6.20 Å². The van der Waals surface area contributed by atoms with Gasteiger partial charge in [0.15, 0.2) is 0 Å². The highest BCUT2D eigenvalue weighted by Gasteiger charge is 2.02. The molecule has 0 spiro atoms. The van der Waals surface area contributed by atoms with Gasteiger partial charge in [-0.1, -0.05) is 6.07 Å². The molecule has 3 rings (SSSR count). The SMILES string of the molecule is c1cc2c(ccc3n[nH]nc32)cn1. The third-order valence-corrected chi connectivity index (χ3v) is 2.10. The number of aromatic nitrogens is 4. The Morgan fingerprint density at radius 1 is 1.08 bits per heavy atom. The maximum absolute atomic E-state index is 4.08. The van der Waals surface area contributed by atoms with Crippen LogP contribution in [0.5, 0.6) is 0 Å². The van der Waals surface area contributed by atoms with Gasteiger partial charge in [0, 0.05) is 23.2 Å². The van der Waals surface area contributed by atoms with Gasteiger partial charge >= 0.3 is 0 Å². The van der Waals surface area contributed by atoms with Gasteiger partial charge in [-0.2, -0.15) is 15.4 Å². The van der Waals surface area contributed by atoms with E-state index in [9.17, 15) is 0 Å². The van der Waals surface area contributed by atoms with Crippen molar-refractivity contribution >= 4 is 21.8 Å². The second kappa shape index (κ2) is 2.26. The zero-order valence-electron chi connectivity index (χ0n) is 6.73. The van der Waals surface area contributed by atoms with E-state index in [-0.39, 0.29) is 0 Å². The first-order valence-corrected chi connectivity index (χ1v) is 3.98. The Balaban J connectivity index is 2.65. The molecule has 0 aliphatic heterocycles. The second-order valence-electron chi connectivity index (χ2n) is 2.85. The standard InChI is InChI=1S/C9H6N4/c1-2-8-9(12-13-11-8)7-3-4-10-5-6(1)7/h1-5H,(H,11,12,13). The van der Waals surface area contributed by atoms with Crippen molar-refractivity contribution < 1.29 is 0 Å². The summed E-state index contributed by atoms with van der Waals surface area (Å²) in [7, 11) is 0. The van der Waals surface area contributed by atoms with Crippen LogP contribution in [0.15, 0.2) is 30.6 Å². The van der Waals surface area contributed by atoms with Crippen molar-refractivity contribution in [1.82, 2.24) is 20.4 Å². The highest BCUT2D eigenvalue weighted by molar-refractivity contribution is 6.03. The van der Waals surface area contributed by atoms with Crippen LogP contribution in [0.4, 0.5) is 0 Å². The Kier molecular flexibility index (Phi) is 1.14. The third-order valence-electron chi connectivity index (χ3n) is 2.10. The molecule has 0 atom stereocenters. The number of pyridine rings is 1. The van der Waals surface area contributed by atoms with Crippen LogP contribution in [-0.2, 0) is 0 Å². The molecule has 4 heteroatoms. The lowest BCUT2D eigenvalue weighted by molar-refractivity contribution is 0.960. The molecule has 13 heavy (non-hydrogen) atoms. The van der Waals surface area contributed by atoms with Gasteiger partial charge in [-0.3, -0.25) is 4.98 Å². The molecule has 0 saturated carbocycles. The topological polar surface area (TPSA) is 54.5 Å². The van der Waals surface area contributed by atoms with Crippen LogP contribution in [-0.4, -0.2) is 20.4 Å². The van der Waals surface area contributed by atoms with Crippen LogP contribution >= 0.6 is 0 Å². The van der Waals surface area contributed by atoms with Gasteiger partial charge in [-0.05, 0) is 12.1 Å². The van der Waals surface area contributed by atoms with Crippen molar-refractivity contribution in [2.24, 2.45) is 0 Å². The molecule has 0 saturated heterocycles. The molecule has 0 aliphatic carbocycles. The molecule has 62 valence electrons. The summed E-state index contributed by atoms with van der Waals surface area (Å²) in [6, 6.07) is 5.87. The van der Waals surface area contributed by atoms with E-state index < -0.39 is 0 Å². The fraction of sp³-hybridized carbons (Fsp3) is 0. The smallest absolute Gasteiger partial charge is 0.120 e. The molecule has 3 aromatic rings. The maximum atomic E-state index is 4.08. The molecular formula is C9H6N4. The van der Waals surface area contributed by atoms with E-state index in [1.807, 2.05) is 24.4 Å². The number of benzene rings is 1. The Labute approximate surface area is 73.6 Å². The zero-order chi connectivity index (χ0) is 8.67. The van der Waals surface area contributed by atoms with Crippen LogP contribution in [0.3, 0.4) is 0 Å². The highest BCUT2D eigenvalue weighted by atomic mass is 15.3. The molecular weight excluding hydrogens is 164 g/mol. The number of hydrogen-bond acceptors (Lipinski definition) is 3. The first kappa shape index (κ1) is 6.54. The molecule has 0 aliphatic rings. The molecule has 2 aromatic heterocycles. The molecule has 0 amide bonds. The molecule has 0 unspecified atom stereocenters. The van der Waals surface area contributed by atoms with Crippen molar-refractivity contribution in [2.45, 2.75) is 0 Å². The molecule has 0 bridgehead atoms. The lowest BCUT2D eigenvalue weighted by Gasteiger charge is -1.94. The first-order chi connectivity index (χ1) is 6.45. The van der Waals surface area contributed by atoms with Crippen LogP contribution in [0.1, 0.15) is 0 Å². The second-order valence-corrected chi connectivity index (χ2v) is 2.85. The molecule has 0 fully saturated rings. The summed E-state index contributed by atoms with van der Waals surface area (Å²) in [6.07, 6.45) is 3.58. The summed E-state index contributed by atoms with van der Waals surface area (Å²) in [5, 5.41) is 12.9. The Hall–Kier alpha value is -1.97. The minimum Gasteiger partial charge on any atom is -0.264 e. The van der Waals surface area contributed by atoms with Gasteiger partial charge < -0.3 is 0 Å². The number of fused-ring (bicyclic) bond motifs is 3. The predicted octanol–water partition coefficient (Wildman–Crippen LogP) is 1.51. The van der Waals surface area contributed by atoms with E-state index in [2.05, 4.69) is 20.4 Å². The monoisotopic (exact) mass is 170 g/mol. The van der Waals surface area contributed by atoms with Gasteiger partial charge in [0.1, 0.15) is 11.0 Å². The van der Waals surface area contributed by atoms with Gasteiger partial charge in [-0.15, -0.1) is 0 Å². The predicted molar refractivity (Wildman–Crippen MR) is 49.2 cm³/mol. The Morgan fingerprint density at radius 2 is 2.08 bits per heavy atom. The number of aromatic amines is 1. The zero-order valence-corrected chi connectivity index (χ0v) is 6.73. The normalized spacial score (nSPS) is 11.1. The summed E-state index contributed by atoms with van der Waals surface area (Å²) in [4.78, 5) is 4.05. The minimum absolute atomic E-state index is 0.888. The third kappa shape index (κ3) is 0.823. The van der Waals surface area contributed by atoms with E-state index in [1.165, 1.54) is 0 Å². The fourth-order valence-corrected chi connectivity index (χ4v) is 1.48. The first-order valence-electron chi connectivity index (χ1n) is 3.98. The van der Waals surface area contributed by atoms with Crippen molar-refractivity contribution in [3.63, 3.8) is 0 Å². The summed E-state index contributed by atoms with van der Waals surface area (Å²) >= 11 is 0. The van der Waals surface area contributed by atoms with Crippen molar-refractivity contribution in [1.29, 1.82) is 0 Å². The highest BCUT2D eigenvalue weighted by Crippen LogP contribution is 2.20. The number of rotatable bonds is 0. The van der Waals surface area contributed by atoms with Crippen molar-refractivity contribution in [3.8, 4) is 0 Å². The number of hydrogen-bond donors (Lipinski definition) is 1. The fourth-order valence-electron chi connectivity index (χ4n) is 1.48. The van der Waals surface area contributed by atoms with E-state index in [4.69, 9.17) is 0 Å². The van der Waals surface area contributed by atoms with Crippen molar-refractivity contribution in [2.75, 3.05) is 0 Å².